The zero-order chi connectivity index (χ0) is 14.6. The molecule has 1 N–H and O–H groups in total. The van der Waals surface area contributed by atoms with Gasteiger partial charge in [-0.1, -0.05) is 36.8 Å². The number of hydrogen-bond donors (Lipinski definition) is 1. The van der Waals surface area contributed by atoms with Crippen molar-refractivity contribution in [2.45, 2.75) is 20.0 Å². The molecule has 0 aliphatic heterocycles. The second-order valence-electron chi connectivity index (χ2n) is 4.67. The van der Waals surface area contributed by atoms with E-state index in [2.05, 4.69) is 0 Å². The average molecular weight is 286 g/mol. The second kappa shape index (κ2) is 6.47. The van der Waals surface area contributed by atoms with Gasteiger partial charge in [0.25, 0.3) is 10.2 Å². The number of aryl methyl sites for hydroxylation is 1. The molecule has 0 fully saturated rings. The van der Waals surface area contributed by atoms with Crippen LogP contribution in [0.5, 0.6) is 0 Å². The number of likely N-dealkylation sites (N-methyl/N-ethyl adjacent to an activating group) is 1. The van der Waals surface area contributed by atoms with Crippen molar-refractivity contribution in [1.82, 2.24) is 8.61 Å². The summed E-state index contributed by atoms with van der Waals surface area (Å²) in [5.41, 5.74) is 1.82. The summed E-state index contributed by atoms with van der Waals surface area (Å²) in [7, 11) is -0.529. The molecule has 0 radical (unpaired) electrons. The van der Waals surface area contributed by atoms with Crippen LogP contribution < -0.4 is 0 Å². The molecule has 6 heteroatoms. The molecule has 0 saturated carbocycles. The van der Waals surface area contributed by atoms with Crippen LogP contribution in [-0.4, -0.2) is 49.3 Å². The van der Waals surface area contributed by atoms with E-state index in [-0.39, 0.29) is 6.54 Å². The van der Waals surface area contributed by atoms with Crippen molar-refractivity contribution in [2.75, 3.05) is 27.2 Å². The number of hydrogen-bond acceptors (Lipinski definition) is 3. The average Bonchev–Trinajstić information content (AvgIpc) is 2.35. The van der Waals surface area contributed by atoms with Gasteiger partial charge in [0.15, 0.2) is 0 Å². The summed E-state index contributed by atoms with van der Waals surface area (Å²) in [6.45, 7) is 4.09. The lowest BCUT2D eigenvalue weighted by atomic mass is 10.1. The summed E-state index contributed by atoms with van der Waals surface area (Å²) in [6, 6.07) is 7.43. The van der Waals surface area contributed by atoms with Crippen LogP contribution in [0.3, 0.4) is 0 Å². The first kappa shape index (κ1) is 16.1. The van der Waals surface area contributed by atoms with E-state index in [0.29, 0.717) is 6.54 Å². The van der Waals surface area contributed by atoms with Crippen molar-refractivity contribution in [1.29, 1.82) is 0 Å². The third kappa shape index (κ3) is 4.01. The van der Waals surface area contributed by atoms with Crippen LogP contribution in [-0.2, 0) is 10.2 Å². The topological polar surface area (TPSA) is 60.9 Å². The predicted octanol–water partition coefficient (Wildman–Crippen LogP) is 1.16. The van der Waals surface area contributed by atoms with E-state index in [1.807, 2.05) is 31.2 Å². The Hall–Kier alpha value is -0.950. The molecular weight excluding hydrogens is 264 g/mol. The van der Waals surface area contributed by atoms with Gasteiger partial charge in [0.1, 0.15) is 0 Å². The molecule has 0 spiro atoms. The van der Waals surface area contributed by atoms with Gasteiger partial charge in [-0.3, -0.25) is 0 Å². The molecule has 0 aliphatic rings. The lowest BCUT2D eigenvalue weighted by Crippen LogP contribution is -2.42. The zero-order valence-electron chi connectivity index (χ0n) is 11.9. The lowest BCUT2D eigenvalue weighted by Gasteiger charge is -2.26. The summed E-state index contributed by atoms with van der Waals surface area (Å²) in [5.74, 6) is 0. The summed E-state index contributed by atoms with van der Waals surface area (Å²) in [5, 5.41) is 10.1. The smallest absolute Gasteiger partial charge is 0.281 e. The van der Waals surface area contributed by atoms with Gasteiger partial charge in [-0.2, -0.15) is 17.0 Å². The Labute approximate surface area is 115 Å². The van der Waals surface area contributed by atoms with Crippen molar-refractivity contribution in [3.8, 4) is 0 Å². The Morgan fingerprint density at radius 1 is 1.21 bits per heavy atom. The molecule has 0 aromatic heterocycles. The quantitative estimate of drug-likeness (QED) is 0.853. The summed E-state index contributed by atoms with van der Waals surface area (Å²) in [4.78, 5) is 0. The van der Waals surface area contributed by atoms with Crippen LogP contribution in [0.25, 0.3) is 0 Å². The molecule has 0 saturated heterocycles. The van der Waals surface area contributed by atoms with Gasteiger partial charge < -0.3 is 5.11 Å². The Morgan fingerprint density at radius 2 is 1.74 bits per heavy atom. The highest BCUT2D eigenvalue weighted by Crippen LogP contribution is 2.17. The van der Waals surface area contributed by atoms with Crippen molar-refractivity contribution in [3.05, 3.63) is 35.4 Å². The maximum atomic E-state index is 12.0. The Kier molecular flexibility index (Phi) is 5.49. The second-order valence-corrected chi connectivity index (χ2v) is 6.81. The van der Waals surface area contributed by atoms with Crippen molar-refractivity contribution in [2.24, 2.45) is 0 Å². The van der Waals surface area contributed by atoms with E-state index in [1.54, 1.807) is 6.92 Å². The standard InChI is InChI=1S/C13H22N2O3S/c1-5-15(19(17,18)14(3)4)10-13(16)12-8-6-11(2)7-9-12/h6-9,13,16H,5,10H2,1-4H3/t13-/m1/s1. The summed E-state index contributed by atoms with van der Waals surface area (Å²) < 4.78 is 26.5. The minimum atomic E-state index is -3.49. The Balaban J connectivity index is 2.85. The van der Waals surface area contributed by atoms with Gasteiger partial charge in [-0.05, 0) is 12.5 Å². The van der Waals surface area contributed by atoms with E-state index >= 15 is 0 Å². The zero-order valence-corrected chi connectivity index (χ0v) is 12.7. The minimum Gasteiger partial charge on any atom is -0.387 e. The highest BCUT2D eigenvalue weighted by molar-refractivity contribution is 7.86. The van der Waals surface area contributed by atoms with Gasteiger partial charge in [-0.25, -0.2) is 0 Å². The van der Waals surface area contributed by atoms with E-state index in [4.69, 9.17) is 0 Å². The summed E-state index contributed by atoms with van der Waals surface area (Å²) >= 11 is 0. The molecular formula is C13H22N2O3S. The van der Waals surface area contributed by atoms with Crippen LogP contribution >= 0.6 is 0 Å². The molecule has 108 valence electrons. The monoisotopic (exact) mass is 286 g/mol. The fraction of sp³-hybridized carbons (Fsp3) is 0.538. The number of benzene rings is 1. The molecule has 0 unspecified atom stereocenters. The van der Waals surface area contributed by atoms with E-state index in [9.17, 15) is 13.5 Å². The normalized spacial score (nSPS) is 14.1. The van der Waals surface area contributed by atoms with Crippen LogP contribution in [0.15, 0.2) is 24.3 Å². The third-order valence-corrected chi connectivity index (χ3v) is 4.96. The lowest BCUT2D eigenvalue weighted by molar-refractivity contribution is 0.147. The van der Waals surface area contributed by atoms with Gasteiger partial charge in [-0.15, -0.1) is 0 Å². The molecule has 0 amide bonds. The molecule has 5 nitrogen and oxygen atoms in total. The van der Waals surface area contributed by atoms with E-state index in [0.717, 1.165) is 15.4 Å². The van der Waals surface area contributed by atoms with Crippen LogP contribution in [0.1, 0.15) is 24.2 Å². The van der Waals surface area contributed by atoms with Crippen molar-refractivity contribution < 1.29 is 13.5 Å². The summed E-state index contributed by atoms with van der Waals surface area (Å²) in [6.07, 6.45) is -0.824. The molecule has 1 rings (SSSR count). The van der Waals surface area contributed by atoms with Crippen LogP contribution in [0.2, 0.25) is 0 Å². The SMILES string of the molecule is CCN(C[C@@H](O)c1ccc(C)cc1)S(=O)(=O)N(C)C. The fourth-order valence-electron chi connectivity index (χ4n) is 1.70. The minimum absolute atomic E-state index is 0.0556. The van der Waals surface area contributed by atoms with Crippen molar-refractivity contribution in [3.63, 3.8) is 0 Å². The van der Waals surface area contributed by atoms with Gasteiger partial charge in [0, 0.05) is 27.2 Å². The molecule has 1 atom stereocenters. The Morgan fingerprint density at radius 3 is 2.16 bits per heavy atom. The Bertz CT molecular complexity index is 497. The molecule has 0 heterocycles. The molecule has 0 aliphatic carbocycles. The van der Waals surface area contributed by atoms with Gasteiger partial charge in [0.2, 0.25) is 0 Å². The number of rotatable bonds is 6. The van der Waals surface area contributed by atoms with Crippen LogP contribution in [0, 0.1) is 6.92 Å². The predicted molar refractivity (Wildman–Crippen MR) is 76.0 cm³/mol. The van der Waals surface area contributed by atoms with Gasteiger partial charge in [0.05, 0.1) is 6.10 Å². The van der Waals surface area contributed by atoms with E-state index in [1.165, 1.54) is 18.4 Å². The first-order chi connectivity index (χ1) is 8.78. The van der Waals surface area contributed by atoms with Crippen molar-refractivity contribution >= 4 is 10.2 Å². The molecule has 1 aromatic carbocycles. The number of nitrogens with zero attached hydrogens (tertiary/aromatic N) is 2. The first-order valence-corrected chi connectivity index (χ1v) is 7.61. The molecule has 0 bridgehead atoms. The van der Waals surface area contributed by atoms with Gasteiger partial charge >= 0.3 is 0 Å². The maximum absolute atomic E-state index is 12.0. The largest absolute Gasteiger partial charge is 0.387 e. The first-order valence-electron chi connectivity index (χ1n) is 6.21. The third-order valence-electron chi connectivity index (χ3n) is 2.98. The fourth-order valence-corrected chi connectivity index (χ4v) is 2.82. The highest BCUT2D eigenvalue weighted by Gasteiger charge is 2.25. The molecule has 1 aromatic rings. The number of aliphatic hydroxyl groups excluding tert-OH is 1. The maximum Gasteiger partial charge on any atom is 0.281 e. The molecule has 19 heavy (non-hydrogen) atoms. The number of aliphatic hydroxyl groups is 1. The van der Waals surface area contributed by atoms with Crippen LogP contribution in [0.4, 0.5) is 0 Å². The highest BCUT2D eigenvalue weighted by atomic mass is 32.2. The van der Waals surface area contributed by atoms with E-state index < -0.39 is 16.3 Å².